The molecule has 0 aromatic carbocycles. The fourth-order valence-corrected chi connectivity index (χ4v) is 1.31. The summed E-state index contributed by atoms with van der Waals surface area (Å²) in [6.07, 6.45) is 5.09. The van der Waals surface area contributed by atoms with E-state index in [4.69, 9.17) is 11.5 Å². The van der Waals surface area contributed by atoms with Crippen molar-refractivity contribution in [1.29, 1.82) is 0 Å². The average Bonchev–Trinajstić information content (AvgIpc) is 2.56. The topological polar surface area (TPSA) is 82.2 Å². The highest BCUT2D eigenvalue weighted by atomic mass is 15.2. The number of aliphatic imine (C=N–C) groups is 1. The second-order valence-corrected chi connectivity index (χ2v) is 4.52. The summed E-state index contributed by atoms with van der Waals surface area (Å²) in [4.78, 5) is 8.21. The highest BCUT2D eigenvalue weighted by Gasteiger charge is 2.19. The third-order valence-corrected chi connectivity index (χ3v) is 2.13. The molecule has 0 bridgehead atoms. The standard InChI is InChI=1S/C11H19N5/c1-5-6-14-9(12)8-10(13)16(7-15-8)11(2,3)4/h5-7H,13H2,1-4H3,(H2,12,14)/b6-5-. The first-order chi connectivity index (χ1) is 7.38. The molecular formula is C11H19N5. The van der Waals surface area contributed by atoms with Gasteiger partial charge in [-0.25, -0.2) is 9.98 Å². The first-order valence-corrected chi connectivity index (χ1v) is 5.16. The van der Waals surface area contributed by atoms with Gasteiger partial charge < -0.3 is 16.0 Å². The summed E-state index contributed by atoms with van der Waals surface area (Å²) in [6.45, 7) is 8.02. The minimum atomic E-state index is -0.115. The van der Waals surface area contributed by atoms with E-state index in [1.54, 1.807) is 18.6 Å². The monoisotopic (exact) mass is 221 g/mol. The predicted octanol–water partition coefficient (Wildman–Crippen LogP) is 1.46. The molecule has 0 spiro atoms. The quantitative estimate of drug-likeness (QED) is 0.586. The molecule has 1 heterocycles. The summed E-state index contributed by atoms with van der Waals surface area (Å²) in [5.74, 6) is 0.872. The summed E-state index contributed by atoms with van der Waals surface area (Å²) in [5.41, 5.74) is 12.2. The third-order valence-electron chi connectivity index (χ3n) is 2.13. The molecule has 4 N–H and O–H groups in total. The number of hydrogen-bond acceptors (Lipinski definition) is 3. The number of hydrogen-bond donors (Lipinski definition) is 2. The number of nitrogen functional groups attached to an aromatic ring is 1. The zero-order valence-corrected chi connectivity index (χ0v) is 10.2. The molecule has 1 rings (SSSR count). The van der Waals surface area contributed by atoms with Gasteiger partial charge in [-0.05, 0) is 27.7 Å². The van der Waals surface area contributed by atoms with Crippen molar-refractivity contribution >= 4 is 11.7 Å². The Kier molecular flexibility index (Phi) is 3.37. The van der Waals surface area contributed by atoms with Gasteiger partial charge in [0.2, 0.25) is 0 Å². The number of amidine groups is 1. The highest BCUT2D eigenvalue weighted by Crippen LogP contribution is 2.20. The van der Waals surface area contributed by atoms with Gasteiger partial charge in [0, 0.05) is 11.7 Å². The van der Waals surface area contributed by atoms with Gasteiger partial charge in [-0.2, -0.15) is 0 Å². The molecule has 88 valence electrons. The number of imidazole rings is 1. The minimum Gasteiger partial charge on any atom is -0.383 e. The van der Waals surface area contributed by atoms with Gasteiger partial charge in [0.05, 0.1) is 6.33 Å². The maximum atomic E-state index is 5.98. The number of nitrogens with zero attached hydrogens (tertiary/aromatic N) is 3. The molecule has 0 atom stereocenters. The maximum absolute atomic E-state index is 5.98. The van der Waals surface area contributed by atoms with Crippen LogP contribution < -0.4 is 11.5 Å². The Morgan fingerprint density at radius 2 is 2.12 bits per heavy atom. The second-order valence-electron chi connectivity index (χ2n) is 4.52. The van der Waals surface area contributed by atoms with Gasteiger partial charge in [0.25, 0.3) is 0 Å². The molecule has 1 aromatic heterocycles. The fourth-order valence-electron chi connectivity index (χ4n) is 1.31. The Balaban J connectivity index is 3.15. The lowest BCUT2D eigenvalue weighted by atomic mass is 10.1. The van der Waals surface area contributed by atoms with Crippen molar-refractivity contribution in [1.82, 2.24) is 9.55 Å². The van der Waals surface area contributed by atoms with Gasteiger partial charge in [0.15, 0.2) is 5.84 Å². The maximum Gasteiger partial charge on any atom is 0.153 e. The first-order valence-electron chi connectivity index (χ1n) is 5.16. The van der Waals surface area contributed by atoms with Crippen LogP contribution in [0.4, 0.5) is 5.82 Å². The Bertz CT molecular complexity index is 420. The number of nitrogens with two attached hydrogens (primary N) is 2. The molecule has 0 aliphatic carbocycles. The van der Waals surface area contributed by atoms with Crippen molar-refractivity contribution in [3.05, 3.63) is 24.3 Å². The molecule has 0 aliphatic heterocycles. The fraction of sp³-hybridized carbons (Fsp3) is 0.455. The van der Waals surface area contributed by atoms with Gasteiger partial charge in [0.1, 0.15) is 11.5 Å². The third kappa shape index (κ3) is 2.42. The van der Waals surface area contributed by atoms with Crippen molar-refractivity contribution in [2.45, 2.75) is 33.2 Å². The van der Waals surface area contributed by atoms with Crippen LogP contribution in [0, 0.1) is 0 Å². The zero-order chi connectivity index (χ0) is 12.3. The van der Waals surface area contributed by atoms with E-state index in [1.165, 1.54) is 0 Å². The van der Waals surface area contributed by atoms with Crippen molar-refractivity contribution in [2.24, 2.45) is 10.7 Å². The van der Waals surface area contributed by atoms with E-state index in [1.807, 2.05) is 32.3 Å². The van der Waals surface area contributed by atoms with Crippen LogP contribution in [-0.2, 0) is 5.54 Å². The van der Waals surface area contributed by atoms with Crippen LogP contribution in [0.15, 0.2) is 23.6 Å². The predicted molar refractivity (Wildman–Crippen MR) is 67.2 cm³/mol. The molecule has 0 unspecified atom stereocenters. The molecule has 16 heavy (non-hydrogen) atoms. The SMILES string of the molecule is C/C=C\N=C(N)c1ncn(C(C)(C)C)c1N. The number of anilines is 1. The van der Waals surface area contributed by atoms with Crippen molar-refractivity contribution in [2.75, 3.05) is 5.73 Å². The lowest BCUT2D eigenvalue weighted by Crippen LogP contribution is -2.24. The summed E-state index contributed by atoms with van der Waals surface area (Å²) >= 11 is 0. The van der Waals surface area contributed by atoms with E-state index in [9.17, 15) is 0 Å². The van der Waals surface area contributed by atoms with E-state index in [2.05, 4.69) is 9.98 Å². The lowest BCUT2D eigenvalue weighted by molar-refractivity contribution is 0.402. The van der Waals surface area contributed by atoms with Crippen LogP contribution in [0.5, 0.6) is 0 Å². The van der Waals surface area contributed by atoms with E-state index in [-0.39, 0.29) is 5.54 Å². The van der Waals surface area contributed by atoms with E-state index in [0.717, 1.165) is 0 Å². The zero-order valence-electron chi connectivity index (χ0n) is 10.2. The van der Waals surface area contributed by atoms with Crippen molar-refractivity contribution in [3.63, 3.8) is 0 Å². The highest BCUT2D eigenvalue weighted by molar-refractivity contribution is 5.99. The van der Waals surface area contributed by atoms with Gasteiger partial charge in [-0.15, -0.1) is 0 Å². The number of rotatable bonds is 2. The Hall–Kier alpha value is -1.78. The van der Waals surface area contributed by atoms with Crippen LogP contribution >= 0.6 is 0 Å². The summed E-state index contributed by atoms with van der Waals surface area (Å²) < 4.78 is 1.88. The number of allylic oxidation sites excluding steroid dienone is 1. The molecule has 5 heteroatoms. The molecule has 0 amide bonds. The van der Waals surface area contributed by atoms with Crippen LogP contribution in [0.25, 0.3) is 0 Å². The van der Waals surface area contributed by atoms with Gasteiger partial charge in [-0.3, -0.25) is 0 Å². The smallest absolute Gasteiger partial charge is 0.153 e. The Morgan fingerprint density at radius 3 is 2.56 bits per heavy atom. The van der Waals surface area contributed by atoms with Gasteiger partial charge >= 0.3 is 0 Å². The van der Waals surface area contributed by atoms with Crippen molar-refractivity contribution < 1.29 is 0 Å². The molecule has 0 fully saturated rings. The second kappa shape index (κ2) is 4.38. The first kappa shape index (κ1) is 12.3. The molecule has 5 nitrogen and oxygen atoms in total. The van der Waals surface area contributed by atoms with Crippen molar-refractivity contribution in [3.8, 4) is 0 Å². The van der Waals surface area contributed by atoms with Crippen LogP contribution in [0.1, 0.15) is 33.4 Å². The van der Waals surface area contributed by atoms with Gasteiger partial charge in [-0.1, -0.05) is 6.08 Å². The Morgan fingerprint density at radius 1 is 1.50 bits per heavy atom. The molecule has 0 saturated carbocycles. The van der Waals surface area contributed by atoms with E-state index in [0.29, 0.717) is 17.3 Å². The summed E-state index contributed by atoms with van der Waals surface area (Å²) in [7, 11) is 0. The molecule has 0 saturated heterocycles. The van der Waals surface area contributed by atoms with Crippen LogP contribution in [0.3, 0.4) is 0 Å². The molecule has 0 aliphatic rings. The minimum absolute atomic E-state index is 0.115. The van der Waals surface area contributed by atoms with E-state index < -0.39 is 0 Å². The summed E-state index contributed by atoms with van der Waals surface area (Å²) in [5, 5.41) is 0. The molecular weight excluding hydrogens is 202 g/mol. The average molecular weight is 221 g/mol. The largest absolute Gasteiger partial charge is 0.383 e. The Labute approximate surface area is 95.9 Å². The summed E-state index contributed by atoms with van der Waals surface area (Å²) in [6, 6.07) is 0. The molecule has 0 radical (unpaired) electrons. The number of aromatic nitrogens is 2. The van der Waals surface area contributed by atoms with Crippen LogP contribution in [0.2, 0.25) is 0 Å². The lowest BCUT2D eigenvalue weighted by Gasteiger charge is -2.22. The molecule has 1 aromatic rings. The normalized spacial score (nSPS) is 13.6. The van der Waals surface area contributed by atoms with Crippen LogP contribution in [-0.4, -0.2) is 15.4 Å². The van der Waals surface area contributed by atoms with E-state index >= 15 is 0 Å².